The van der Waals surface area contributed by atoms with E-state index in [-0.39, 0.29) is 10.6 Å². The number of methoxy groups -OCH3 is 1. The maximum atomic E-state index is 13.5. The molecule has 0 radical (unpaired) electrons. The number of halogens is 1. The van der Waals surface area contributed by atoms with Crippen molar-refractivity contribution in [2.24, 2.45) is 5.10 Å². The molecule has 0 unspecified atom stereocenters. The summed E-state index contributed by atoms with van der Waals surface area (Å²) in [6.45, 7) is 2.16. The van der Waals surface area contributed by atoms with Crippen molar-refractivity contribution in [3.63, 3.8) is 0 Å². The van der Waals surface area contributed by atoms with Crippen molar-refractivity contribution in [1.82, 2.24) is 5.43 Å². The van der Waals surface area contributed by atoms with Gasteiger partial charge in [-0.15, -0.1) is 0 Å². The number of amides is 1. The number of rotatable bonds is 13. The zero-order chi connectivity index (χ0) is 30.0. The minimum Gasteiger partial charge on any atom is -0.497 e. The van der Waals surface area contributed by atoms with Gasteiger partial charge >= 0.3 is 0 Å². The van der Waals surface area contributed by atoms with Gasteiger partial charge in [0, 0.05) is 5.02 Å². The Balaban J connectivity index is 1.47. The molecule has 0 aliphatic carbocycles. The second kappa shape index (κ2) is 14.4. The Morgan fingerprint density at radius 3 is 2.31 bits per heavy atom. The number of hydrogen-bond acceptors (Lipinski definition) is 7. The van der Waals surface area contributed by atoms with E-state index < -0.39 is 22.5 Å². The second-order valence-electron chi connectivity index (χ2n) is 8.87. The van der Waals surface area contributed by atoms with Gasteiger partial charge < -0.3 is 14.2 Å². The molecule has 0 bridgehead atoms. The minimum atomic E-state index is -4.12. The first kappa shape index (κ1) is 30.4. The molecule has 0 saturated heterocycles. The second-order valence-corrected chi connectivity index (χ2v) is 11.2. The molecule has 42 heavy (non-hydrogen) atoms. The number of anilines is 1. The summed E-state index contributed by atoms with van der Waals surface area (Å²) < 4.78 is 44.8. The van der Waals surface area contributed by atoms with Crippen molar-refractivity contribution in [3.8, 4) is 17.2 Å². The third-order valence-corrected chi connectivity index (χ3v) is 8.00. The van der Waals surface area contributed by atoms with E-state index >= 15 is 0 Å². The molecule has 0 heterocycles. The predicted molar refractivity (Wildman–Crippen MR) is 163 cm³/mol. The third-order valence-electron chi connectivity index (χ3n) is 5.96. The van der Waals surface area contributed by atoms with E-state index in [1.54, 1.807) is 30.3 Å². The lowest BCUT2D eigenvalue weighted by molar-refractivity contribution is -0.119. The Morgan fingerprint density at radius 2 is 1.64 bits per heavy atom. The highest BCUT2D eigenvalue weighted by molar-refractivity contribution is 7.92. The normalized spacial score (nSPS) is 11.2. The molecule has 1 amide bonds. The van der Waals surface area contributed by atoms with E-state index in [0.717, 1.165) is 9.87 Å². The zero-order valence-electron chi connectivity index (χ0n) is 23.1. The Kier molecular flexibility index (Phi) is 10.4. The fourth-order valence-corrected chi connectivity index (χ4v) is 5.42. The number of hydrazone groups is 1. The van der Waals surface area contributed by atoms with Crippen LogP contribution in [-0.4, -0.2) is 40.8 Å². The molecular weight excluding hydrogens is 578 g/mol. The van der Waals surface area contributed by atoms with Crippen LogP contribution in [-0.2, 0) is 21.4 Å². The van der Waals surface area contributed by atoms with E-state index in [1.807, 2.05) is 37.3 Å². The van der Waals surface area contributed by atoms with Crippen molar-refractivity contribution in [2.45, 2.75) is 18.4 Å². The summed E-state index contributed by atoms with van der Waals surface area (Å²) in [6, 6.07) is 27.1. The molecule has 0 atom stereocenters. The molecular formula is C31H30ClN3O6S. The van der Waals surface area contributed by atoms with Crippen LogP contribution in [0.2, 0.25) is 5.02 Å². The Labute approximate surface area is 250 Å². The molecule has 0 aromatic heterocycles. The Morgan fingerprint density at radius 1 is 0.929 bits per heavy atom. The average molecular weight is 608 g/mol. The highest BCUT2D eigenvalue weighted by atomic mass is 35.5. The van der Waals surface area contributed by atoms with Crippen molar-refractivity contribution in [1.29, 1.82) is 0 Å². The number of hydrogen-bond donors (Lipinski definition) is 1. The van der Waals surface area contributed by atoms with Gasteiger partial charge in [-0.25, -0.2) is 13.8 Å². The number of carbonyl (C=O) groups excluding carboxylic acids is 1. The minimum absolute atomic E-state index is 0.00687. The van der Waals surface area contributed by atoms with Crippen LogP contribution < -0.4 is 23.9 Å². The topological polar surface area (TPSA) is 107 Å². The smallest absolute Gasteiger partial charge is 0.264 e. The number of benzene rings is 4. The van der Waals surface area contributed by atoms with E-state index in [2.05, 4.69) is 10.5 Å². The highest BCUT2D eigenvalue weighted by Crippen LogP contribution is 2.29. The number of nitrogens with one attached hydrogen (secondary N) is 1. The summed E-state index contributed by atoms with van der Waals surface area (Å²) in [4.78, 5) is 12.9. The van der Waals surface area contributed by atoms with Gasteiger partial charge in [0.1, 0.15) is 18.9 Å². The van der Waals surface area contributed by atoms with Gasteiger partial charge in [0.05, 0.1) is 30.5 Å². The molecule has 218 valence electrons. The molecule has 1 N–H and O–H groups in total. The van der Waals surface area contributed by atoms with Gasteiger partial charge in [-0.3, -0.25) is 9.10 Å². The summed E-state index contributed by atoms with van der Waals surface area (Å²) in [7, 11) is -2.63. The van der Waals surface area contributed by atoms with Crippen LogP contribution in [0.3, 0.4) is 0 Å². The molecule has 0 fully saturated rings. The van der Waals surface area contributed by atoms with E-state index in [1.165, 1.54) is 49.7 Å². The van der Waals surface area contributed by atoms with Crippen LogP contribution in [0.1, 0.15) is 18.1 Å². The van der Waals surface area contributed by atoms with Crippen molar-refractivity contribution in [3.05, 3.63) is 113 Å². The predicted octanol–water partition coefficient (Wildman–Crippen LogP) is 5.67. The number of carbonyl (C=O) groups is 1. The monoisotopic (exact) mass is 607 g/mol. The zero-order valence-corrected chi connectivity index (χ0v) is 24.6. The summed E-state index contributed by atoms with van der Waals surface area (Å²) in [5, 5.41) is 4.45. The largest absolute Gasteiger partial charge is 0.497 e. The summed E-state index contributed by atoms with van der Waals surface area (Å²) in [5.74, 6) is 0.959. The lowest BCUT2D eigenvalue weighted by Gasteiger charge is -2.23. The van der Waals surface area contributed by atoms with Gasteiger partial charge in [0.25, 0.3) is 15.9 Å². The van der Waals surface area contributed by atoms with Crippen molar-refractivity contribution < 1.29 is 27.4 Å². The molecule has 0 aliphatic heterocycles. The molecule has 4 aromatic rings. The van der Waals surface area contributed by atoms with Crippen LogP contribution in [0.15, 0.2) is 107 Å². The molecule has 0 aliphatic rings. The first-order valence-corrected chi connectivity index (χ1v) is 14.8. The van der Waals surface area contributed by atoms with Gasteiger partial charge in [-0.2, -0.15) is 5.10 Å². The molecule has 0 saturated carbocycles. The molecule has 0 spiro atoms. The summed E-state index contributed by atoms with van der Waals surface area (Å²) in [6.07, 6.45) is 1.44. The fraction of sp³-hybridized carbons (Fsp3) is 0.161. The fourth-order valence-electron chi connectivity index (χ4n) is 3.87. The van der Waals surface area contributed by atoms with Gasteiger partial charge in [0.2, 0.25) is 0 Å². The van der Waals surface area contributed by atoms with Crippen LogP contribution >= 0.6 is 11.6 Å². The van der Waals surface area contributed by atoms with Gasteiger partial charge in [-0.05, 0) is 84.8 Å². The number of ether oxygens (including phenoxy) is 3. The van der Waals surface area contributed by atoms with Crippen LogP contribution in [0.5, 0.6) is 17.2 Å². The van der Waals surface area contributed by atoms with E-state index in [0.29, 0.717) is 41.0 Å². The lowest BCUT2D eigenvalue weighted by Crippen LogP contribution is -2.39. The van der Waals surface area contributed by atoms with Gasteiger partial charge in [0.15, 0.2) is 11.5 Å². The maximum Gasteiger partial charge on any atom is 0.264 e. The SMILES string of the molecule is CCOc1cc(/C=N\NC(=O)CN(c2ccc(Cl)cc2)S(=O)(=O)c2ccc(OC)cc2)ccc1OCc1ccccc1. The van der Waals surface area contributed by atoms with Gasteiger partial charge in [-0.1, -0.05) is 41.9 Å². The maximum absolute atomic E-state index is 13.5. The molecule has 4 aromatic carbocycles. The average Bonchev–Trinajstić information content (AvgIpc) is 3.00. The number of sulfonamides is 1. The molecule has 4 rings (SSSR count). The van der Waals surface area contributed by atoms with Crippen LogP contribution in [0.4, 0.5) is 5.69 Å². The third kappa shape index (κ3) is 8.02. The molecule has 9 nitrogen and oxygen atoms in total. The Hall–Kier alpha value is -4.54. The van der Waals surface area contributed by atoms with E-state index in [4.69, 9.17) is 25.8 Å². The molecule has 11 heteroatoms. The standard InChI is InChI=1S/C31H30ClN3O6S/c1-3-40-30-19-24(9-18-29(30)41-22-23-7-5-4-6-8-23)20-33-34-31(36)21-35(26-12-10-25(32)11-13-26)42(37,38)28-16-14-27(39-2)15-17-28/h4-20H,3,21-22H2,1-2H3,(H,34,36)/b33-20-. The summed E-state index contributed by atoms with van der Waals surface area (Å²) in [5.41, 5.74) is 4.34. The number of nitrogens with zero attached hydrogens (tertiary/aromatic N) is 2. The van der Waals surface area contributed by atoms with Crippen molar-refractivity contribution in [2.75, 3.05) is 24.6 Å². The quantitative estimate of drug-likeness (QED) is 0.155. The van der Waals surface area contributed by atoms with Crippen molar-refractivity contribution >= 4 is 39.4 Å². The van der Waals surface area contributed by atoms with Crippen LogP contribution in [0, 0.1) is 0 Å². The lowest BCUT2D eigenvalue weighted by atomic mass is 10.2. The first-order valence-electron chi connectivity index (χ1n) is 13.0. The summed E-state index contributed by atoms with van der Waals surface area (Å²) >= 11 is 6.00. The Bertz CT molecular complexity index is 1610. The van der Waals surface area contributed by atoms with E-state index in [9.17, 15) is 13.2 Å². The first-order chi connectivity index (χ1) is 20.3. The highest BCUT2D eigenvalue weighted by Gasteiger charge is 2.27. The van der Waals surface area contributed by atoms with Crippen LogP contribution in [0.25, 0.3) is 0 Å².